The number of nitrogens with zero attached hydrogens (tertiary/aromatic N) is 5. The number of benzene rings is 2. The minimum atomic E-state index is -0.256. The molecule has 0 radical (unpaired) electrons. The summed E-state index contributed by atoms with van der Waals surface area (Å²) in [7, 11) is 3.24. The summed E-state index contributed by atoms with van der Waals surface area (Å²) in [6.45, 7) is 1.81. The Morgan fingerprint density at radius 1 is 1.00 bits per heavy atom. The van der Waals surface area contributed by atoms with Gasteiger partial charge in [0.15, 0.2) is 11.0 Å². The summed E-state index contributed by atoms with van der Waals surface area (Å²) >= 11 is 1.27. The van der Waals surface area contributed by atoms with Crippen LogP contribution in [0.4, 0.5) is 0 Å². The number of hydrogen-bond donors (Lipinski definition) is 1. The van der Waals surface area contributed by atoms with Crippen molar-refractivity contribution in [2.75, 3.05) is 20.0 Å². The van der Waals surface area contributed by atoms with Crippen molar-refractivity contribution in [2.24, 2.45) is 5.10 Å². The van der Waals surface area contributed by atoms with Gasteiger partial charge in [0, 0.05) is 29.2 Å². The lowest BCUT2D eigenvalue weighted by Crippen LogP contribution is -2.21. The van der Waals surface area contributed by atoms with Gasteiger partial charge in [-0.15, -0.1) is 10.2 Å². The molecule has 2 heterocycles. The standard InChI is InChI=1S/C25H24N6O3S/c1-17(19-5-4-14-26-15-19)27-28-23(32)16-35-25-30-29-24(18-6-10-21(33-2)11-7-18)31(25)20-8-12-22(34-3)13-9-20/h4-15H,16H2,1-3H3,(H,28,32)/b27-17-. The van der Waals surface area contributed by atoms with Crippen molar-refractivity contribution in [3.63, 3.8) is 0 Å². The monoisotopic (exact) mass is 488 g/mol. The third-order valence-corrected chi connectivity index (χ3v) is 6.00. The molecule has 0 spiro atoms. The number of hydrazone groups is 1. The largest absolute Gasteiger partial charge is 0.497 e. The van der Waals surface area contributed by atoms with E-state index in [9.17, 15) is 4.79 Å². The normalized spacial score (nSPS) is 11.2. The number of thioether (sulfide) groups is 1. The Hall–Kier alpha value is -4.18. The topological polar surface area (TPSA) is 104 Å². The van der Waals surface area contributed by atoms with Gasteiger partial charge in [0.25, 0.3) is 5.91 Å². The van der Waals surface area contributed by atoms with E-state index < -0.39 is 0 Å². The first kappa shape index (κ1) is 24.0. The van der Waals surface area contributed by atoms with Crippen LogP contribution < -0.4 is 14.9 Å². The van der Waals surface area contributed by atoms with Crippen LogP contribution in [-0.2, 0) is 4.79 Å². The number of amides is 1. The molecule has 0 aliphatic rings. The van der Waals surface area contributed by atoms with Crippen LogP contribution in [0.2, 0.25) is 0 Å². The van der Waals surface area contributed by atoms with Crippen LogP contribution in [0.15, 0.2) is 83.3 Å². The van der Waals surface area contributed by atoms with Crippen molar-refractivity contribution in [3.05, 3.63) is 78.6 Å². The average Bonchev–Trinajstić information content (AvgIpc) is 3.35. The Labute approximate surface area is 207 Å². The van der Waals surface area contributed by atoms with Crippen LogP contribution >= 0.6 is 11.8 Å². The highest BCUT2D eigenvalue weighted by Crippen LogP contribution is 2.29. The summed E-state index contributed by atoms with van der Waals surface area (Å²) in [5.41, 5.74) is 5.80. The van der Waals surface area contributed by atoms with Crippen molar-refractivity contribution in [1.82, 2.24) is 25.2 Å². The second-order valence-corrected chi connectivity index (χ2v) is 8.27. The summed E-state index contributed by atoms with van der Waals surface area (Å²) < 4.78 is 12.5. The van der Waals surface area contributed by atoms with Crippen molar-refractivity contribution in [2.45, 2.75) is 12.1 Å². The molecule has 178 valence electrons. The number of hydrogen-bond acceptors (Lipinski definition) is 8. The molecular weight excluding hydrogens is 464 g/mol. The first-order valence-electron chi connectivity index (χ1n) is 10.7. The summed E-state index contributed by atoms with van der Waals surface area (Å²) in [6.07, 6.45) is 3.38. The first-order valence-corrected chi connectivity index (χ1v) is 11.7. The molecule has 1 amide bonds. The minimum Gasteiger partial charge on any atom is -0.497 e. The van der Waals surface area contributed by atoms with E-state index in [1.54, 1.807) is 26.6 Å². The van der Waals surface area contributed by atoms with Crippen molar-refractivity contribution < 1.29 is 14.3 Å². The Morgan fingerprint density at radius 2 is 1.69 bits per heavy atom. The number of methoxy groups -OCH3 is 2. The fraction of sp³-hybridized carbons (Fsp3) is 0.160. The highest BCUT2D eigenvalue weighted by atomic mass is 32.2. The van der Waals surface area contributed by atoms with Gasteiger partial charge in [0.05, 0.1) is 25.7 Å². The maximum absolute atomic E-state index is 12.5. The molecule has 1 N–H and O–H groups in total. The van der Waals surface area contributed by atoms with Crippen molar-refractivity contribution >= 4 is 23.4 Å². The molecular formula is C25H24N6O3S. The minimum absolute atomic E-state index is 0.112. The fourth-order valence-corrected chi connectivity index (χ4v) is 3.95. The molecule has 0 aliphatic carbocycles. The molecule has 2 aromatic heterocycles. The van der Waals surface area contributed by atoms with Gasteiger partial charge in [0.1, 0.15) is 11.5 Å². The third kappa shape index (κ3) is 5.85. The molecule has 0 atom stereocenters. The van der Waals surface area contributed by atoms with Gasteiger partial charge in [-0.1, -0.05) is 17.8 Å². The van der Waals surface area contributed by atoms with Crippen LogP contribution in [0.25, 0.3) is 17.1 Å². The van der Waals surface area contributed by atoms with Crippen LogP contribution in [0, 0.1) is 0 Å². The number of ether oxygens (including phenoxy) is 2. The predicted octanol–water partition coefficient (Wildman–Crippen LogP) is 3.98. The molecule has 4 aromatic rings. The molecule has 0 saturated heterocycles. The van der Waals surface area contributed by atoms with Gasteiger partial charge in [-0.3, -0.25) is 14.3 Å². The molecule has 4 rings (SSSR count). The van der Waals surface area contributed by atoms with E-state index in [4.69, 9.17) is 9.47 Å². The lowest BCUT2D eigenvalue weighted by atomic mass is 10.2. The van der Waals surface area contributed by atoms with E-state index >= 15 is 0 Å². The van der Waals surface area contributed by atoms with E-state index in [2.05, 4.69) is 25.7 Å². The second-order valence-electron chi connectivity index (χ2n) is 7.33. The highest BCUT2D eigenvalue weighted by molar-refractivity contribution is 7.99. The zero-order valence-electron chi connectivity index (χ0n) is 19.5. The van der Waals surface area contributed by atoms with Crippen molar-refractivity contribution in [3.8, 4) is 28.6 Å². The molecule has 10 heteroatoms. The highest BCUT2D eigenvalue weighted by Gasteiger charge is 2.17. The first-order chi connectivity index (χ1) is 17.1. The summed E-state index contributed by atoms with van der Waals surface area (Å²) in [6, 6.07) is 18.8. The van der Waals surface area contributed by atoms with E-state index in [1.807, 2.05) is 72.2 Å². The third-order valence-electron chi connectivity index (χ3n) is 5.07. The summed E-state index contributed by atoms with van der Waals surface area (Å²) in [4.78, 5) is 16.6. The molecule has 0 aliphatic heterocycles. The Kier molecular flexibility index (Phi) is 7.74. The number of aromatic nitrogens is 4. The number of carbonyl (C=O) groups is 1. The van der Waals surface area contributed by atoms with E-state index in [-0.39, 0.29) is 11.7 Å². The Bertz CT molecular complexity index is 1310. The smallest absolute Gasteiger partial charge is 0.250 e. The van der Waals surface area contributed by atoms with E-state index in [1.165, 1.54) is 11.8 Å². The molecule has 0 fully saturated rings. The Morgan fingerprint density at radius 3 is 2.31 bits per heavy atom. The molecule has 35 heavy (non-hydrogen) atoms. The molecule has 0 unspecified atom stereocenters. The number of nitrogens with one attached hydrogen (secondary N) is 1. The van der Waals surface area contributed by atoms with Crippen molar-refractivity contribution in [1.29, 1.82) is 0 Å². The lowest BCUT2D eigenvalue weighted by Gasteiger charge is -2.11. The number of carbonyl (C=O) groups excluding carboxylic acids is 1. The number of rotatable bonds is 9. The molecule has 0 saturated carbocycles. The lowest BCUT2D eigenvalue weighted by molar-refractivity contribution is -0.118. The zero-order chi connectivity index (χ0) is 24.6. The fourth-order valence-electron chi connectivity index (χ4n) is 3.20. The Balaban J connectivity index is 1.55. The van der Waals surface area contributed by atoms with Gasteiger partial charge >= 0.3 is 0 Å². The predicted molar refractivity (Wildman–Crippen MR) is 135 cm³/mol. The average molecular weight is 489 g/mol. The quantitative estimate of drug-likeness (QED) is 0.216. The van der Waals surface area contributed by atoms with Gasteiger partial charge in [-0.2, -0.15) is 5.10 Å². The van der Waals surface area contributed by atoms with E-state index in [0.717, 1.165) is 28.3 Å². The molecule has 0 bridgehead atoms. The molecule has 2 aromatic carbocycles. The van der Waals surface area contributed by atoms with Gasteiger partial charge < -0.3 is 9.47 Å². The van der Waals surface area contributed by atoms with E-state index in [0.29, 0.717) is 16.7 Å². The van der Waals surface area contributed by atoms with Gasteiger partial charge in [-0.05, 0) is 61.5 Å². The maximum Gasteiger partial charge on any atom is 0.250 e. The van der Waals surface area contributed by atoms with Crippen LogP contribution in [0.5, 0.6) is 11.5 Å². The van der Waals surface area contributed by atoms with Gasteiger partial charge in [-0.25, -0.2) is 5.43 Å². The second kappa shape index (κ2) is 11.3. The van der Waals surface area contributed by atoms with Gasteiger partial charge in [0.2, 0.25) is 0 Å². The maximum atomic E-state index is 12.5. The number of pyridine rings is 1. The van der Waals surface area contributed by atoms with Crippen LogP contribution in [0.1, 0.15) is 12.5 Å². The molecule has 9 nitrogen and oxygen atoms in total. The zero-order valence-corrected chi connectivity index (χ0v) is 20.3. The van der Waals surface area contributed by atoms with Crippen LogP contribution in [-0.4, -0.2) is 51.3 Å². The van der Waals surface area contributed by atoms with Crippen LogP contribution in [0.3, 0.4) is 0 Å². The summed E-state index contributed by atoms with van der Waals surface area (Å²) in [5, 5.41) is 13.5. The summed E-state index contributed by atoms with van der Waals surface area (Å²) in [5.74, 6) is 1.99. The SMILES string of the molecule is COc1ccc(-c2nnc(SCC(=O)N/N=C(/C)c3cccnc3)n2-c2ccc(OC)cc2)cc1.